The monoisotopic (exact) mass is 450 g/mol. The van der Waals surface area contributed by atoms with Gasteiger partial charge in [0.1, 0.15) is 16.9 Å². The number of benzene rings is 2. The SMILES string of the molecule is O=C1NN(c2ccc(I)cc2)C(=O)C1=Cc1ccc(O)c(C(=O)O)c1. The maximum atomic E-state index is 12.5. The second-order valence-electron chi connectivity index (χ2n) is 5.20. The fraction of sp³-hybridized carbons (Fsp3) is 0. The molecule has 25 heavy (non-hydrogen) atoms. The maximum absolute atomic E-state index is 12.5. The smallest absolute Gasteiger partial charge is 0.339 e. The summed E-state index contributed by atoms with van der Waals surface area (Å²) in [5.41, 5.74) is 2.86. The van der Waals surface area contributed by atoms with E-state index in [1.54, 1.807) is 24.3 Å². The van der Waals surface area contributed by atoms with Gasteiger partial charge in [-0.3, -0.25) is 15.0 Å². The van der Waals surface area contributed by atoms with Crippen LogP contribution in [0, 0.1) is 3.57 Å². The molecule has 0 radical (unpaired) electrons. The van der Waals surface area contributed by atoms with Crippen LogP contribution in [0.15, 0.2) is 48.0 Å². The van der Waals surface area contributed by atoms with Gasteiger partial charge in [0.15, 0.2) is 0 Å². The molecule has 0 spiro atoms. The third-order valence-electron chi connectivity index (χ3n) is 3.54. The van der Waals surface area contributed by atoms with Gasteiger partial charge in [0.05, 0.1) is 5.69 Å². The lowest BCUT2D eigenvalue weighted by Gasteiger charge is -2.14. The van der Waals surface area contributed by atoms with Crippen molar-refractivity contribution in [3.63, 3.8) is 0 Å². The number of hydrogen-bond acceptors (Lipinski definition) is 4. The molecule has 0 atom stereocenters. The third-order valence-corrected chi connectivity index (χ3v) is 4.26. The molecule has 7 nitrogen and oxygen atoms in total. The van der Waals surface area contributed by atoms with Gasteiger partial charge in [-0.1, -0.05) is 6.07 Å². The number of anilines is 1. The first-order chi connectivity index (χ1) is 11.9. The summed E-state index contributed by atoms with van der Waals surface area (Å²) in [7, 11) is 0. The largest absolute Gasteiger partial charge is 0.507 e. The number of amides is 2. The summed E-state index contributed by atoms with van der Waals surface area (Å²) in [6, 6.07) is 10.8. The van der Waals surface area contributed by atoms with Crippen molar-refractivity contribution >= 4 is 52.1 Å². The number of phenols is 1. The minimum Gasteiger partial charge on any atom is -0.507 e. The number of nitrogens with one attached hydrogen (secondary N) is 1. The number of halogens is 1. The van der Waals surface area contributed by atoms with Crippen molar-refractivity contribution in [2.45, 2.75) is 0 Å². The molecule has 0 aliphatic carbocycles. The molecule has 2 amide bonds. The predicted molar refractivity (Wildman–Crippen MR) is 97.8 cm³/mol. The molecular formula is C17H11IN2O5. The number of rotatable bonds is 3. The van der Waals surface area contributed by atoms with Crippen molar-refractivity contribution in [1.82, 2.24) is 5.43 Å². The first-order valence-corrected chi connectivity index (χ1v) is 8.13. The molecule has 1 fully saturated rings. The zero-order chi connectivity index (χ0) is 18.1. The lowest BCUT2D eigenvalue weighted by molar-refractivity contribution is -0.117. The highest BCUT2D eigenvalue weighted by Gasteiger charge is 2.34. The Hall–Kier alpha value is -2.88. The fourth-order valence-corrected chi connectivity index (χ4v) is 2.67. The molecule has 3 N–H and O–H groups in total. The average Bonchev–Trinajstić information content (AvgIpc) is 2.85. The van der Waals surface area contributed by atoms with Gasteiger partial charge in [-0.25, -0.2) is 9.80 Å². The van der Waals surface area contributed by atoms with Crippen molar-refractivity contribution in [2.75, 3.05) is 5.01 Å². The van der Waals surface area contributed by atoms with E-state index in [0.717, 1.165) is 8.58 Å². The molecule has 1 aliphatic rings. The van der Waals surface area contributed by atoms with Crippen LogP contribution in [0.3, 0.4) is 0 Å². The Labute approximate surface area is 155 Å². The second kappa shape index (κ2) is 6.55. The van der Waals surface area contributed by atoms with Crippen LogP contribution in [-0.2, 0) is 9.59 Å². The van der Waals surface area contributed by atoms with Gasteiger partial charge in [-0.2, -0.15) is 0 Å². The maximum Gasteiger partial charge on any atom is 0.339 e. The average molecular weight is 450 g/mol. The topological polar surface area (TPSA) is 107 Å². The highest BCUT2D eigenvalue weighted by Crippen LogP contribution is 2.24. The van der Waals surface area contributed by atoms with E-state index < -0.39 is 23.5 Å². The van der Waals surface area contributed by atoms with E-state index in [-0.39, 0.29) is 11.1 Å². The van der Waals surface area contributed by atoms with Crippen molar-refractivity contribution < 1.29 is 24.6 Å². The van der Waals surface area contributed by atoms with Gasteiger partial charge in [-0.15, -0.1) is 0 Å². The van der Waals surface area contributed by atoms with Crippen LogP contribution in [0.1, 0.15) is 15.9 Å². The standard InChI is InChI=1S/C17H11IN2O5/c18-10-2-4-11(5-3-10)20-16(23)13(15(22)19-20)8-9-1-6-14(21)12(7-9)17(24)25/h1-8,21H,(H,19,22)(H,24,25). The lowest BCUT2D eigenvalue weighted by Crippen LogP contribution is -2.35. The molecule has 3 rings (SSSR count). The van der Waals surface area contributed by atoms with Gasteiger partial charge >= 0.3 is 5.97 Å². The van der Waals surface area contributed by atoms with Crippen LogP contribution in [0.5, 0.6) is 5.75 Å². The van der Waals surface area contributed by atoms with E-state index in [1.165, 1.54) is 24.3 Å². The summed E-state index contributed by atoms with van der Waals surface area (Å²) in [5.74, 6) is -2.83. The van der Waals surface area contributed by atoms with Gasteiger partial charge in [0, 0.05) is 3.57 Å². The third kappa shape index (κ3) is 3.33. The minimum absolute atomic E-state index is 0.124. The Morgan fingerprint density at radius 3 is 2.44 bits per heavy atom. The van der Waals surface area contributed by atoms with E-state index in [0.29, 0.717) is 11.3 Å². The molecule has 1 heterocycles. The Morgan fingerprint density at radius 2 is 1.80 bits per heavy atom. The number of aromatic hydroxyl groups is 1. The summed E-state index contributed by atoms with van der Waals surface area (Å²) in [5, 5.41) is 19.7. The molecule has 2 aromatic rings. The highest BCUT2D eigenvalue weighted by molar-refractivity contribution is 14.1. The van der Waals surface area contributed by atoms with Gasteiger partial charge in [0.25, 0.3) is 11.8 Å². The first kappa shape index (κ1) is 17.0. The number of carboxylic acids is 1. The van der Waals surface area contributed by atoms with E-state index in [9.17, 15) is 19.5 Å². The van der Waals surface area contributed by atoms with Crippen LogP contribution < -0.4 is 10.4 Å². The number of hydrogen-bond donors (Lipinski definition) is 3. The van der Waals surface area contributed by atoms with Crippen LogP contribution >= 0.6 is 22.6 Å². The van der Waals surface area contributed by atoms with E-state index in [4.69, 9.17) is 5.11 Å². The molecule has 1 aliphatic heterocycles. The summed E-state index contributed by atoms with van der Waals surface area (Å²) in [6.45, 7) is 0. The molecule has 0 saturated carbocycles. The van der Waals surface area contributed by atoms with Crippen molar-refractivity contribution in [3.05, 3.63) is 62.7 Å². The minimum atomic E-state index is -1.31. The van der Waals surface area contributed by atoms with Crippen molar-refractivity contribution in [1.29, 1.82) is 0 Å². The summed E-state index contributed by atoms with van der Waals surface area (Å²) in [4.78, 5) is 35.7. The molecule has 0 unspecified atom stereocenters. The number of hydrazine groups is 1. The zero-order valence-corrected chi connectivity index (χ0v) is 14.7. The zero-order valence-electron chi connectivity index (χ0n) is 12.6. The summed E-state index contributed by atoms with van der Waals surface area (Å²) < 4.78 is 0.986. The van der Waals surface area contributed by atoms with Crippen LogP contribution in [0.4, 0.5) is 5.69 Å². The highest BCUT2D eigenvalue weighted by atomic mass is 127. The number of carbonyl (C=O) groups is 3. The van der Waals surface area contributed by atoms with E-state index in [2.05, 4.69) is 28.0 Å². The molecule has 8 heteroatoms. The van der Waals surface area contributed by atoms with Crippen LogP contribution in [-0.4, -0.2) is 28.0 Å². The molecular weight excluding hydrogens is 439 g/mol. The molecule has 126 valence electrons. The summed E-state index contributed by atoms with van der Waals surface area (Å²) in [6.07, 6.45) is 1.29. The van der Waals surface area contributed by atoms with E-state index in [1.807, 2.05) is 0 Å². The number of nitrogens with zero attached hydrogens (tertiary/aromatic N) is 1. The van der Waals surface area contributed by atoms with Gasteiger partial charge in [0.2, 0.25) is 0 Å². The Balaban J connectivity index is 1.95. The number of aromatic carboxylic acids is 1. The number of carbonyl (C=O) groups excluding carboxylic acids is 2. The Bertz CT molecular complexity index is 921. The van der Waals surface area contributed by atoms with Crippen LogP contribution in [0.25, 0.3) is 6.08 Å². The molecule has 1 saturated heterocycles. The molecule has 2 aromatic carbocycles. The summed E-state index contributed by atoms with van der Waals surface area (Å²) >= 11 is 2.13. The second-order valence-corrected chi connectivity index (χ2v) is 6.44. The fourth-order valence-electron chi connectivity index (χ4n) is 2.31. The first-order valence-electron chi connectivity index (χ1n) is 7.06. The van der Waals surface area contributed by atoms with E-state index >= 15 is 0 Å². The quantitative estimate of drug-likeness (QED) is 0.378. The Kier molecular flexibility index (Phi) is 4.45. The van der Waals surface area contributed by atoms with Crippen molar-refractivity contribution in [2.24, 2.45) is 0 Å². The number of carboxylic acid groups (broad SMARTS) is 1. The Morgan fingerprint density at radius 1 is 1.12 bits per heavy atom. The predicted octanol–water partition coefficient (Wildman–Crippen LogP) is 2.16. The normalized spacial score (nSPS) is 15.6. The molecule has 0 bridgehead atoms. The van der Waals surface area contributed by atoms with Gasteiger partial charge < -0.3 is 10.2 Å². The van der Waals surface area contributed by atoms with Crippen molar-refractivity contribution in [3.8, 4) is 5.75 Å². The van der Waals surface area contributed by atoms with Gasteiger partial charge in [-0.05, 0) is 70.6 Å². The van der Waals surface area contributed by atoms with Crippen LogP contribution in [0.2, 0.25) is 0 Å². The lowest BCUT2D eigenvalue weighted by atomic mass is 10.1. The molecule has 0 aromatic heterocycles.